The van der Waals surface area contributed by atoms with Crippen molar-refractivity contribution in [2.24, 2.45) is 0 Å². The second-order valence-corrected chi connectivity index (χ2v) is 4.89. The van der Waals surface area contributed by atoms with Crippen molar-refractivity contribution >= 4 is 11.6 Å². The number of methoxy groups -OCH3 is 2. The van der Waals surface area contributed by atoms with Crippen molar-refractivity contribution in [2.75, 3.05) is 19.5 Å². The third kappa shape index (κ3) is 3.75. The Balaban J connectivity index is 2.16. The fourth-order valence-electron chi connectivity index (χ4n) is 2.12. The SMILES string of the molecule is COc1ccc(OC)c(CC(=O)Nc2cc(C)ccc2F)c1. The van der Waals surface area contributed by atoms with Gasteiger partial charge in [-0.05, 0) is 42.8 Å². The lowest BCUT2D eigenvalue weighted by atomic mass is 10.1. The molecule has 0 atom stereocenters. The zero-order valence-electron chi connectivity index (χ0n) is 12.8. The number of aryl methyl sites for hydroxylation is 1. The first-order valence-corrected chi connectivity index (χ1v) is 6.80. The molecule has 22 heavy (non-hydrogen) atoms. The Bertz CT molecular complexity index is 686. The molecule has 116 valence electrons. The van der Waals surface area contributed by atoms with Gasteiger partial charge in [0.05, 0.1) is 26.3 Å². The van der Waals surface area contributed by atoms with E-state index in [1.807, 2.05) is 6.92 Å². The van der Waals surface area contributed by atoms with Gasteiger partial charge in [0.15, 0.2) is 0 Å². The van der Waals surface area contributed by atoms with Crippen molar-refractivity contribution in [1.82, 2.24) is 0 Å². The van der Waals surface area contributed by atoms with Crippen LogP contribution in [0.3, 0.4) is 0 Å². The molecular weight excluding hydrogens is 285 g/mol. The van der Waals surface area contributed by atoms with E-state index in [0.717, 1.165) is 5.56 Å². The van der Waals surface area contributed by atoms with Gasteiger partial charge in [0.2, 0.25) is 5.91 Å². The molecule has 0 unspecified atom stereocenters. The minimum atomic E-state index is -0.462. The lowest BCUT2D eigenvalue weighted by Gasteiger charge is -2.11. The van der Waals surface area contributed by atoms with Crippen LogP contribution in [0.5, 0.6) is 11.5 Å². The number of anilines is 1. The molecule has 0 fully saturated rings. The highest BCUT2D eigenvalue weighted by atomic mass is 19.1. The number of amides is 1. The summed E-state index contributed by atoms with van der Waals surface area (Å²) in [4.78, 5) is 12.1. The zero-order chi connectivity index (χ0) is 16.1. The normalized spacial score (nSPS) is 10.2. The number of hydrogen-bond acceptors (Lipinski definition) is 3. The molecule has 0 aliphatic rings. The van der Waals surface area contributed by atoms with Gasteiger partial charge in [-0.15, -0.1) is 0 Å². The number of nitrogens with one attached hydrogen (secondary N) is 1. The average molecular weight is 303 g/mol. The van der Waals surface area contributed by atoms with Crippen LogP contribution in [-0.2, 0) is 11.2 Å². The summed E-state index contributed by atoms with van der Waals surface area (Å²) in [5.41, 5.74) is 1.72. The molecule has 1 amide bonds. The summed E-state index contributed by atoms with van der Waals surface area (Å²) in [6.45, 7) is 1.83. The summed E-state index contributed by atoms with van der Waals surface area (Å²) in [7, 11) is 3.08. The first-order chi connectivity index (χ1) is 10.5. The lowest BCUT2D eigenvalue weighted by molar-refractivity contribution is -0.115. The van der Waals surface area contributed by atoms with Crippen molar-refractivity contribution in [3.8, 4) is 11.5 Å². The standard InChI is InChI=1S/C17H18FNO3/c1-11-4-6-14(18)15(8-11)19-17(20)10-12-9-13(21-2)5-7-16(12)22-3/h4-9H,10H2,1-3H3,(H,19,20). The number of halogens is 1. The molecule has 1 N–H and O–H groups in total. The van der Waals surface area contributed by atoms with Gasteiger partial charge in [-0.25, -0.2) is 4.39 Å². The number of carbonyl (C=O) groups excluding carboxylic acids is 1. The van der Waals surface area contributed by atoms with Crippen LogP contribution in [0.15, 0.2) is 36.4 Å². The average Bonchev–Trinajstić information content (AvgIpc) is 2.50. The molecule has 0 aromatic heterocycles. The van der Waals surface area contributed by atoms with E-state index in [1.54, 1.807) is 37.4 Å². The van der Waals surface area contributed by atoms with Crippen LogP contribution in [0, 0.1) is 12.7 Å². The fourth-order valence-corrected chi connectivity index (χ4v) is 2.12. The van der Waals surface area contributed by atoms with Gasteiger partial charge < -0.3 is 14.8 Å². The van der Waals surface area contributed by atoms with E-state index in [0.29, 0.717) is 17.1 Å². The van der Waals surface area contributed by atoms with Crippen LogP contribution in [0.25, 0.3) is 0 Å². The van der Waals surface area contributed by atoms with E-state index >= 15 is 0 Å². The Kier molecular flexibility index (Phi) is 4.99. The molecule has 0 radical (unpaired) electrons. The molecule has 0 aliphatic carbocycles. The van der Waals surface area contributed by atoms with Crippen molar-refractivity contribution in [1.29, 1.82) is 0 Å². The topological polar surface area (TPSA) is 47.6 Å². The predicted octanol–water partition coefficient (Wildman–Crippen LogP) is 3.33. The summed E-state index contributed by atoms with van der Waals surface area (Å²) in [6.07, 6.45) is 0.0632. The van der Waals surface area contributed by atoms with Crippen molar-refractivity contribution in [3.05, 3.63) is 53.3 Å². The molecule has 2 aromatic rings. The van der Waals surface area contributed by atoms with Gasteiger partial charge in [0, 0.05) is 5.56 Å². The van der Waals surface area contributed by atoms with Gasteiger partial charge in [0.25, 0.3) is 0 Å². The third-order valence-corrected chi connectivity index (χ3v) is 3.23. The number of benzene rings is 2. The molecule has 2 rings (SSSR count). The van der Waals surface area contributed by atoms with Gasteiger partial charge in [0.1, 0.15) is 17.3 Å². The number of ether oxygens (including phenoxy) is 2. The minimum Gasteiger partial charge on any atom is -0.497 e. The van der Waals surface area contributed by atoms with E-state index in [4.69, 9.17) is 9.47 Å². The molecule has 0 heterocycles. The van der Waals surface area contributed by atoms with Crippen LogP contribution in [0.1, 0.15) is 11.1 Å². The van der Waals surface area contributed by atoms with Gasteiger partial charge >= 0.3 is 0 Å². The van der Waals surface area contributed by atoms with E-state index in [1.165, 1.54) is 13.2 Å². The van der Waals surface area contributed by atoms with E-state index < -0.39 is 5.82 Å². The lowest BCUT2D eigenvalue weighted by Crippen LogP contribution is -2.16. The molecule has 2 aromatic carbocycles. The summed E-state index contributed by atoms with van der Waals surface area (Å²) in [6, 6.07) is 9.78. The summed E-state index contributed by atoms with van der Waals surface area (Å²) in [5, 5.41) is 2.58. The van der Waals surface area contributed by atoms with Crippen LogP contribution < -0.4 is 14.8 Å². The van der Waals surface area contributed by atoms with Crippen molar-refractivity contribution in [3.63, 3.8) is 0 Å². The van der Waals surface area contributed by atoms with Crippen LogP contribution in [0.2, 0.25) is 0 Å². The largest absolute Gasteiger partial charge is 0.497 e. The van der Waals surface area contributed by atoms with E-state index in [2.05, 4.69) is 5.32 Å². The first-order valence-electron chi connectivity index (χ1n) is 6.80. The van der Waals surface area contributed by atoms with Gasteiger partial charge in [-0.1, -0.05) is 6.07 Å². The monoisotopic (exact) mass is 303 g/mol. The molecule has 5 heteroatoms. The van der Waals surface area contributed by atoms with Gasteiger partial charge in [-0.2, -0.15) is 0 Å². The fraction of sp³-hybridized carbons (Fsp3) is 0.235. The predicted molar refractivity (Wildman–Crippen MR) is 83.0 cm³/mol. The second kappa shape index (κ2) is 6.93. The Morgan fingerprint density at radius 3 is 2.59 bits per heavy atom. The molecule has 0 spiro atoms. The Morgan fingerprint density at radius 1 is 1.14 bits per heavy atom. The quantitative estimate of drug-likeness (QED) is 0.921. The highest BCUT2D eigenvalue weighted by Gasteiger charge is 2.12. The third-order valence-electron chi connectivity index (χ3n) is 3.23. The summed E-state index contributed by atoms with van der Waals surface area (Å²) in [5.74, 6) is 0.429. The minimum absolute atomic E-state index is 0.0632. The number of carbonyl (C=O) groups is 1. The van der Waals surface area contributed by atoms with Gasteiger partial charge in [-0.3, -0.25) is 4.79 Å². The van der Waals surface area contributed by atoms with Crippen molar-refractivity contribution < 1.29 is 18.7 Å². The maximum atomic E-state index is 13.7. The number of rotatable bonds is 5. The summed E-state index contributed by atoms with van der Waals surface area (Å²) >= 11 is 0. The Hall–Kier alpha value is -2.56. The summed E-state index contributed by atoms with van der Waals surface area (Å²) < 4.78 is 24.0. The second-order valence-electron chi connectivity index (χ2n) is 4.89. The van der Waals surface area contributed by atoms with E-state index in [9.17, 15) is 9.18 Å². The van der Waals surface area contributed by atoms with Crippen LogP contribution in [0.4, 0.5) is 10.1 Å². The molecular formula is C17H18FNO3. The van der Waals surface area contributed by atoms with Crippen LogP contribution >= 0.6 is 0 Å². The maximum Gasteiger partial charge on any atom is 0.229 e. The smallest absolute Gasteiger partial charge is 0.229 e. The highest BCUT2D eigenvalue weighted by molar-refractivity contribution is 5.92. The first kappa shape index (κ1) is 15.8. The Morgan fingerprint density at radius 2 is 1.91 bits per heavy atom. The maximum absolute atomic E-state index is 13.7. The van der Waals surface area contributed by atoms with E-state index in [-0.39, 0.29) is 18.0 Å². The van der Waals surface area contributed by atoms with Crippen molar-refractivity contribution in [2.45, 2.75) is 13.3 Å². The zero-order valence-corrected chi connectivity index (χ0v) is 12.8. The molecule has 0 bridgehead atoms. The molecule has 0 aliphatic heterocycles. The number of hydrogen-bond donors (Lipinski definition) is 1. The molecule has 0 saturated carbocycles. The molecule has 0 saturated heterocycles. The van der Waals surface area contributed by atoms with Crippen LogP contribution in [-0.4, -0.2) is 20.1 Å². The molecule has 4 nitrogen and oxygen atoms in total. The highest BCUT2D eigenvalue weighted by Crippen LogP contribution is 2.25. The Labute approximate surface area is 128 Å².